The Balaban J connectivity index is 1.77. The zero-order chi connectivity index (χ0) is 22.0. The third-order valence-corrected chi connectivity index (χ3v) is 6.23. The van der Waals surface area contributed by atoms with Crippen LogP contribution in [0.1, 0.15) is 40.3 Å². The monoisotopic (exact) mass is 432 g/mol. The topological polar surface area (TPSA) is 60.3 Å². The Morgan fingerprint density at radius 3 is 2.45 bits per heavy atom. The highest BCUT2D eigenvalue weighted by Crippen LogP contribution is 2.37. The van der Waals surface area contributed by atoms with E-state index in [1.54, 1.807) is 6.92 Å². The fraction of sp³-hybridized carbons (Fsp3) is 0.200. The number of fused-ring (bicyclic) bond motifs is 1. The van der Waals surface area contributed by atoms with E-state index in [1.165, 1.54) is 11.3 Å². The first-order chi connectivity index (χ1) is 15.1. The standard InChI is InChI=1S/C25H24N2O3S/c1-4-27-20-14-10-9-13-18(20)16(3)22(27)23(28)26-24-21(25(29)30-5-2)19(15-31-24)17-11-7-6-8-12-17/h6-15H,4-5H2,1-3H3,(H,26,28). The van der Waals surface area contributed by atoms with E-state index >= 15 is 0 Å². The predicted molar refractivity (Wildman–Crippen MR) is 126 cm³/mol. The minimum absolute atomic E-state index is 0.234. The molecular formula is C25H24N2O3S. The number of carbonyl (C=O) groups excluding carboxylic acids is 2. The molecule has 31 heavy (non-hydrogen) atoms. The van der Waals surface area contributed by atoms with Crippen LogP contribution in [0.3, 0.4) is 0 Å². The molecule has 0 bridgehead atoms. The smallest absolute Gasteiger partial charge is 0.341 e. The van der Waals surface area contributed by atoms with Crippen LogP contribution in [0, 0.1) is 6.92 Å². The van der Waals surface area contributed by atoms with Crippen LogP contribution in [0.5, 0.6) is 0 Å². The second-order valence-electron chi connectivity index (χ2n) is 7.13. The summed E-state index contributed by atoms with van der Waals surface area (Å²) < 4.78 is 7.31. The number of anilines is 1. The molecule has 0 saturated heterocycles. The van der Waals surface area contributed by atoms with Crippen molar-refractivity contribution in [3.05, 3.63) is 76.8 Å². The van der Waals surface area contributed by atoms with Gasteiger partial charge in [-0.2, -0.15) is 0 Å². The van der Waals surface area contributed by atoms with E-state index in [1.807, 2.05) is 78.4 Å². The third-order valence-electron chi connectivity index (χ3n) is 5.34. The van der Waals surface area contributed by atoms with Gasteiger partial charge in [-0.3, -0.25) is 4.79 Å². The molecule has 0 unspecified atom stereocenters. The van der Waals surface area contributed by atoms with Gasteiger partial charge in [0.1, 0.15) is 16.3 Å². The van der Waals surface area contributed by atoms with Gasteiger partial charge in [-0.15, -0.1) is 11.3 Å². The van der Waals surface area contributed by atoms with Crippen LogP contribution in [0.2, 0.25) is 0 Å². The lowest BCUT2D eigenvalue weighted by molar-refractivity contribution is 0.0529. The van der Waals surface area contributed by atoms with Crippen molar-refractivity contribution < 1.29 is 14.3 Å². The average molecular weight is 433 g/mol. The van der Waals surface area contributed by atoms with Crippen LogP contribution in [-0.4, -0.2) is 23.1 Å². The number of rotatable bonds is 6. The van der Waals surface area contributed by atoms with E-state index < -0.39 is 5.97 Å². The van der Waals surface area contributed by atoms with E-state index in [4.69, 9.17) is 4.74 Å². The number of para-hydroxylation sites is 1. The molecule has 0 saturated carbocycles. The number of nitrogens with zero attached hydrogens (tertiary/aromatic N) is 1. The number of carbonyl (C=O) groups is 2. The van der Waals surface area contributed by atoms with Crippen molar-refractivity contribution in [1.29, 1.82) is 0 Å². The molecule has 4 aromatic rings. The molecule has 2 aromatic heterocycles. The Labute approximate surface area is 185 Å². The van der Waals surface area contributed by atoms with Gasteiger partial charge in [0, 0.05) is 28.4 Å². The Morgan fingerprint density at radius 2 is 1.74 bits per heavy atom. The fourth-order valence-electron chi connectivity index (χ4n) is 3.95. The Kier molecular flexibility index (Phi) is 5.91. The molecule has 2 aromatic carbocycles. The molecule has 2 heterocycles. The normalized spacial score (nSPS) is 10.9. The number of aryl methyl sites for hydroxylation is 2. The summed E-state index contributed by atoms with van der Waals surface area (Å²) in [6.07, 6.45) is 0. The number of esters is 1. The number of nitrogens with one attached hydrogen (secondary N) is 1. The van der Waals surface area contributed by atoms with Crippen LogP contribution in [0.4, 0.5) is 5.00 Å². The number of thiophene rings is 1. The van der Waals surface area contributed by atoms with E-state index in [0.717, 1.165) is 27.6 Å². The number of aromatic nitrogens is 1. The highest BCUT2D eigenvalue weighted by atomic mass is 32.1. The Bertz CT molecular complexity index is 1250. The summed E-state index contributed by atoms with van der Waals surface area (Å²) >= 11 is 1.33. The quantitative estimate of drug-likeness (QED) is 0.373. The van der Waals surface area contributed by atoms with Crippen molar-refractivity contribution in [3.63, 3.8) is 0 Å². The summed E-state index contributed by atoms with van der Waals surface area (Å²) in [5, 5.41) is 6.43. The van der Waals surface area contributed by atoms with Crippen LogP contribution in [-0.2, 0) is 11.3 Å². The first kappa shape index (κ1) is 20.9. The molecule has 0 spiro atoms. The van der Waals surface area contributed by atoms with Gasteiger partial charge in [-0.05, 0) is 38.0 Å². The molecule has 158 valence electrons. The molecule has 0 aliphatic rings. The molecule has 0 fully saturated rings. The van der Waals surface area contributed by atoms with Crippen molar-refractivity contribution in [3.8, 4) is 11.1 Å². The van der Waals surface area contributed by atoms with E-state index in [2.05, 4.69) is 5.32 Å². The number of benzene rings is 2. The molecular weight excluding hydrogens is 408 g/mol. The van der Waals surface area contributed by atoms with Crippen LogP contribution in [0.15, 0.2) is 60.0 Å². The van der Waals surface area contributed by atoms with E-state index in [-0.39, 0.29) is 12.5 Å². The van der Waals surface area contributed by atoms with Gasteiger partial charge in [0.05, 0.1) is 6.61 Å². The highest BCUT2D eigenvalue weighted by Gasteiger charge is 2.25. The van der Waals surface area contributed by atoms with Gasteiger partial charge in [0.2, 0.25) is 0 Å². The largest absolute Gasteiger partial charge is 0.462 e. The van der Waals surface area contributed by atoms with Crippen molar-refractivity contribution in [2.24, 2.45) is 0 Å². The van der Waals surface area contributed by atoms with Crippen LogP contribution in [0.25, 0.3) is 22.0 Å². The molecule has 0 aliphatic carbocycles. The van der Waals surface area contributed by atoms with Crippen LogP contribution >= 0.6 is 11.3 Å². The summed E-state index contributed by atoms with van der Waals surface area (Å²) in [5.41, 5.74) is 4.60. The lowest BCUT2D eigenvalue weighted by Crippen LogP contribution is -2.19. The summed E-state index contributed by atoms with van der Waals surface area (Å²) in [5.74, 6) is -0.673. The minimum atomic E-state index is -0.439. The Hall–Kier alpha value is -3.38. The van der Waals surface area contributed by atoms with E-state index in [0.29, 0.717) is 22.8 Å². The second-order valence-corrected chi connectivity index (χ2v) is 8.01. The number of hydrogen-bond acceptors (Lipinski definition) is 4. The summed E-state index contributed by atoms with van der Waals surface area (Å²) in [6.45, 7) is 6.68. The van der Waals surface area contributed by atoms with Crippen molar-refractivity contribution in [2.75, 3.05) is 11.9 Å². The molecule has 6 heteroatoms. The second kappa shape index (κ2) is 8.78. The maximum Gasteiger partial charge on any atom is 0.341 e. The van der Waals surface area contributed by atoms with Crippen molar-refractivity contribution in [2.45, 2.75) is 27.3 Å². The first-order valence-electron chi connectivity index (χ1n) is 10.3. The predicted octanol–water partition coefficient (Wildman–Crippen LogP) is 6.13. The maximum absolute atomic E-state index is 13.4. The zero-order valence-corrected chi connectivity index (χ0v) is 18.6. The summed E-state index contributed by atoms with van der Waals surface area (Å²) in [6, 6.07) is 17.6. The third kappa shape index (κ3) is 3.75. The highest BCUT2D eigenvalue weighted by molar-refractivity contribution is 7.15. The summed E-state index contributed by atoms with van der Waals surface area (Å²) in [7, 11) is 0. The molecule has 5 nitrogen and oxygen atoms in total. The maximum atomic E-state index is 13.4. The van der Waals surface area contributed by atoms with Crippen molar-refractivity contribution in [1.82, 2.24) is 4.57 Å². The van der Waals surface area contributed by atoms with Gasteiger partial charge in [-0.1, -0.05) is 48.5 Å². The molecule has 0 aliphatic heterocycles. The first-order valence-corrected chi connectivity index (χ1v) is 11.2. The molecule has 0 atom stereocenters. The number of amides is 1. The van der Waals surface area contributed by atoms with Gasteiger partial charge in [-0.25, -0.2) is 4.79 Å². The van der Waals surface area contributed by atoms with E-state index in [9.17, 15) is 9.59 Å². The lowest BCUT2D eigenvalue weighted by Gasteiger charge is -2.11. The van der Waals surface area contributed by atoms with Crippen molar-refractivity contribution >= 4 is 39.1 Å². The lowest BCUT2D eigenvalue weighted by atomic mass is 10.0. The molecule has 1 amide bonds. The van der Waals surface area contributed by atoms with Gasteiger partial charge < -0.3 is 14.6 Å². The summed E-state index contributed by atoms with van der Waals surface area (Å²) in [4.78, 5) is 26.2. The number of ether oxygens (including phenoxy) is 1. The SMILES string of the molecule is CCOC(=O)c1c(-c2ccccc2)csc1NC(=O)c1c(C)c2ccccc2n1CC. The number of hydrogen-bond donors (Lipinski definition) is 1. The minimum Gasteiger partial charge on any atom is -0.462 e. The van der Waals surface area contributed by atoms with Crippen LogP contribution < -0.4 is 5.32 Å². The van der Waals surface area contributed by atoms with Gasteiger partial charge in [0.25, 0.3) is 5.91 Å². The molecule has 4 rings (SSSR count). The zero-order valence-electron chi connectivity index (χ0n) is 17.8. The van der Waals surface area contributed by atoms with Gasteiger partial charge in [0.15, 0.2) is 0 Å². The Morgan fingerprint density at radius 1 is 1.03 bits per heavy atom. The fourth-order valence-corrected chi connectivity index (χ4v) is 4.90. The average Bonchev–Trinajstić information content (AvgIpc) is 3.33. The van der Waals surface area contributed by atoms with Gasteiger partial charge >= 0.3 is 5.97 Å². The molecule has 0 radical (unpaired) electrons. The molecule has 1 N–H and O–H groups in total.